The third kappa shape index (κ3) is 1.70. The maximum absolute atomic E-state index is 10.8. The van der Waals surface area contributed by atoms with Crippen LogP contribution in [0.4, 0.5) is 0 Å². The summed E-state index contributed by atoms with van der Waals surface area (Å²) in [7, 11) is 0. The van der Waals surface area contributed by atoms with Gasteiger partial charge in [-0.1, -0.05) is 36.4 Å². The maximum Gasteiger partial charge on any atom is 0.132 e. The molecule has 4 aromatic rings. The molecule has 1 aliphatic carbocycles. The van der Waals surface area contributed by atoms with Crippen LogP contribution in [-0.4, -0.2) is 15.1 Å². The monoisotopic (exact) mass is 298 g/mol. The van der Waals surface area contributed by atoms with E-state index in [1.165, 1.54) is 16.5 Å². The Morgan fingerprint density at radius 3 is 2.57 bits per heavy atom. The predicted octanol–water partition coefficient (Wildman–Crippen LogP) is 3.32. The van der Waals surface area contributed by atoms with E-state index >= 15 is 0 Å². The number of benzene rings is 3. The van der Waals surface area contributed by atoms with Crippen molar-refractivity contribution in [3.8, 4) is 0 Å². The Balaban J connectivity index is 2.02. The van der Waals surface area contributed by atoms with Crippen LogP contribution in [0.25, 0.3) is 27.6 Å². The molecular formula is C20H14N2O. The van der Waals surface area contributed by atoms with Gasteiger partial charge < -0.3 is 5.11 Å². The Labute approximate surface area is 132 Å². The summed E-state index contributed by atoms with van der Waals surface area (Å²) in [6, 6.07) is 16.0. The fourth-order valence-electron chi connectivity index (χ4n) is 3.69. The second-order valence-electron chi connectivity index (χ2n) is 6.01. The zero-order valence-corrected chi connectivity index (χ0v) is 12.5. The molecule has 0 bridgehead atoms. The molecule has 0 fully saturated rings. The molecule has 110 valence electrons. The lowest BCUT2D eigenvalue weighted by Gasteiger charge is -2.09. The van der Waals surface area contributed by atoms with Gasteiger partial charge in [-0.3, -0.25) is 0 Å². The number of nitrogens with zero attached hydrogens (tertiary/aromatic N) is 2. The van der Waals surface area contributed by atoms with Crippen molar-refractivity contribution in [1.29, 1.82) is 0 Å². The van der Waals surface area contributed by atoms with Crippen molar-refractivity contribution in [2.75, 3.05) is 0 Å². The van der Waals surface area contributed by atoms with Crippen LogP contribution in [-0.2, 0) is 12.8 Å². The van der Waals surface area contributed by atoms with Crippen LogP contribution in [0.3, 0.4) is 0 Å². The summed E-state index contributed by atoms with van der Waals surface area (Å²) in [6.45, 7) is 0. The Hall–Kier alpha value is -2.94. The normalized spacial score (nSPS) is 14.6. The van der Waals surface area contributed by atoms with Gasteiger partial charge in [-0.05, 0) is 41.5 Å². The Morgan fingerprint density at radius 2 is 1.70 bits per heavy atom. The molecule has 3 nitrogen and oxygen atoms in total. The minimum atomic E-state index is 0.279. The van der Waals surface area contributed by atoms with E-state index in [0.29, 0.717) is 0 Å². The van der Waals surface area contributed by atoms with Crippen molar-refractivity contribution < 1.29 is 5.11 Å². The van der Waals surface area contributed by atoms with Crippen molar-refractivity contribution in [3.05, 3.63) is 76.8 Å². The highest BCUT2D eigenvalue weighted by atomic mass is 16.3. The van der Waals surface area contributed by atoms with E-state index < -0.39 is 0 Å². The van der Waals surface area contributed by atoms with Crippen LogP contribution in [0.15, 0.2) is 54.9 Å². The molecule has 0 atom stereocenters. The first-order valence-corrected chi connectivity index (χ1v) is 7.79. The fourth-order valence-corrected chi connectivity index (χ4v) is 3.69. The number of aliphatic hydroxyl groups is 1. The average Bonchev–Trinajstić information content (AvgIpc) is 3.04. The molecule has 3 heteroatoms. The Morgan fingerprint density at radius 1 is 0.870 bits per heavy atom. The summed E-state index contributed by atoms with van der Waals surface area (Å²) in [5, 5.41) is 14.0. The summed E-state index contributed by atoms with van der Waals surface area (Å²) in [5.41, 5.74) is 5.23. The molecule has 0 amide bonds. The molecule has 3 aromatic carbocycles. The first-order valence-electron chi connectivity index (χ1n) is 7.79. The number of aromatic nitrogens is 2. The Kier molecular flexibility index (Phi) is 2.48. The van der Waals surface area contributed by atoms with Crippen LogP contribution in [0.2, 0.25) is 0 Å². The highest BCUT2D eigenvalue weighted by Crippen LogP contribution is 2.34. The van der Waals surface area contributed by atoms with Crippen LogP contribution in [0, 0.1) is 0 Å². The van der Waals surface area contributed by atoms with Gasteiger partial charge in [0.2, 0.25) is 0 Å². The summed E-state index contributed by atoms with van der Waals surface area (Å²) in [5.74, 6) is 0.279. The van der Waals surface area contributed by atoms with E-state index in [1.807, 2.05) is 30.3 Å². The largest absolute Gasteiger partial charge is 0.507 e. The number of aliphatic hydroxyl groups excluding tert-OH is 1. The molecule has 5 rings (SSSR count). The van der Waals surface area contributed by atoms with Crippen molar-refractivity contribution in [1.82, 2.24) is 9.97 Å². The SMILES string of the molecule is O/C(c1ccccc1)=c1/cc2c3c(ccc4ncnc1c43)CC2. The minimum absolute atomic E-state index is 0.279. The van der Waals surface area contributed by atoms with E-state index in [2.05, 4.69) is 28.2 Å². The first kappa shape index (κ1) is 12.6. The smallest absolute Gasteiger partial charge is 0.132 e. The number of rotatable bonds is 1. The van der Waals surface area contributed by atoms with Gasteiger partial charge in [0.05, 0.1) is 11.0 Å². The molecule has 0 spiro atoms. The zero-order valence-electron chi connectivity index (χ0n) is 12.5. The second-order valence-corrected chi connectivity index (χ2v) is 6.01. The molecule has 1 aromatic heterocycles. The van der Waals surface area contributed by atoms with E-state index in [0.717, 1.165) is 40.0 Å². The summed E-state index contributed by atoms with van der Waals surface area (Å²) in [4.78, 5) is 8.91. The predicted molar refractivity (Wildman–Crippen MR) is 91.3 cm³/mol. The van der Waals surface area contributed by atoms with Crippen LogP contribution < -0.4 is 5.22 Å². The molecule has 23 heavy (non-hydrogen) atoms. The lowest BCUT2D eigenvalue weighted by molar-refractivity contribution is 0.508. The summed E-state index contributed by atoms with van der Waals surface area (Å²) in [6.07, 6.45) is 3.63. The van der Waals surface area contributed by atoms with Gasteiger partial charge >= 0.3 is 0 Å². The van der Waals surface area contributed by atoms with Crippen molar-refractivity contribution >= 4 is 27.6 Å². The number of hydrogen-bond donors (Lipinski definition) is 1. The fraction of sp³-hybridized carbons (Fsp3) is 0.100. The van der Waals surface area contributed by atoms with E-state index in [4.69, 9.17) is 0 Å². The zero-order chi connectivity index (χ0) is 15.4. The van der Waals surface area contributed by atoms with Gasteiger partial charge in [0.15, 0.2) is 0 Å². The quantitative estimate of drug-likeness (QED) is 0.586. The van der Waals surface area contributed by atoms with E-state index in [9.17, 15) is 5.11 Å². The van der Waals surface area contributed by atoms with Gasteiger partial charge in [-0.2, -0.15) is 0 Å². The van der Waals surface area contributed by atoms with Crippen molar-refractivity contribution in [3.63, 3.8) is 0 Å². The average molecular weight is 298 g/mol. The summed E-state index contributed by atoms with van der Waals surface area (Å²) >= 11 is 0. The van der Waals surface area contributed by atoms with Crippen molar-refractivity contribution in [2.45, 2.75) is 12.8 Å². The third-order valence-corrected chi connectivity index (χ3v) is 4.75. The summed E-state index contributed by atoms with van der Waals surface area (Å²) < 4.78 is 0. The second kappa shape index (κ2) is 4.53. The van der Waals surface area contributed by atoms with Gasteiger partial charge in [-0.15, -0.1) is 0 Å². The molecule has 1 heterocycles. The topological polar surface area (TPSA) is 46.0 Å². The highest BCUT2D eigenvalue weighted by Gasteiger charge is 2.19. The minimum Gasteiger partial charge on any atom is -0.507 e. The van der Waals surface area contributed by atoms with Gasteiger partial charge in [0.1, 0.15) is 12.1 Å². The molecule has 1 N–H and O–H groups in total. The molecular weight excluding hydrogens is 284 g/mol. The molecule has 0 saturated carbocycles. The third-order valence-electron chi connectivity index (χ3n) is 4.75. The molecule has 1 aliphatic rings. The number of aryl methyl sites for hydroxylation is 2. The van der Waals surface area contributed by atoms with Gasteiger partial charge in [0.25, 0.3) is 0 Å². The van der Waals surface area contributed by atoms with Crippen molar-refractivity contribution in [2.24, 2.45) is 0 Å². The van der Waals surface area contributed by atoms with E-state index in [1.54, 1.807) is 6.33 Å². The lowest BCUT2D eigenvalue weighted by atomic mass is 9.99. The van der Waals surface area contributed by atoms with Gasteiger partial charge in [-0.25, -0.2) is 9.97 Å². The molecule has 0 radical (unpaired) electrons. The van der Waals surface area contributed by atoms with E-state index in [-0.39, 0.29) is 5.76 Å². The maximum atomic E-state index is 10.8. The standard InChI is InChI=1S/C20H14N2O/c23-20(13-4-2-1-3-5-13)15-10-14-7-6-12-8-9-16-18(17(12)14)19(15)22-11-21-16/h1-5,8-11,23H,6-7H2/b20-15-. The first-order chi connectivity index (χ1) is 11.3. The van der Waals surface area contributed by atoms with Crippen LogP contribution in [0.5, 0.6) is 0 Å². The van der Waals surface area contributed by atoms with Crippen LogP contribution in [0.1, 0.15) is 16.7 Å². The van der Waals surface area contributed by atoms with Crippen LogP contribution >= 0.6 is 0 Å². The van der Waals surface area contributed by atoms with Gasteiger partial charge in [0, 0.05) is 16.2 Å². The number of hydrogen-bond acceptors (Lipinski definition) is 3. The highest BCUT2D eigenvalue weighted by molar-refractivity contribution is 6.10. The molecule has 0 aliphatic heterocycles. The molecule has 0 unspecified atom stereocenters. The lowest BCUT2D eigenvalue weighted by Crippen LogP contribution is -2.12. The molecule has 0 saturated heterocycles. The Bertz CT molecular complexity index is 1120.